The molecule has 0 aliphatic carbocycles. The van der Waals surface area contributed by atoms with Crippen LogP contribution in [0.4, 0.5) is 5.69 Å². The standard InChI is InChI=1S/C28H34N4O3/c1-4-31(5-2)17-18-35-28(34)20-11-13-21(14-12-20)29-27(33)26-22-9-7-8-10-24(22)30-25-15-16-32(6-3)19-23(25)26/h7-14H,4-6,15-19H2,1-3H3,(H,29,33). The Bertz CT molecular complexity index is 1190. The van der Waals surface area contributed by atoms with E-state index in [1.165, 1.54) is 0 Å². The lowest BCUT2D eigenvalue weighted by atomic mass is 9.95. The first-order chi connectivity index (χ1) is 17.0. The Morgan fingerprint density at radius 3 is 2.51 bits per heavy atom. The number of amides is 1. The molecule has 2 heterocycles. The number of carbonyl (C=O) groups is 2. The molecule has 7 nitrogen and oxygen atoms in total. The zero-order valence-electron chi connectivity index (χ0n) is 20.8. The molecule has 7 heteroatoms. The zero-order chi connectivity index (χ0) is 24.8. The van der Waals surface area contributed by atoms with Crippen LogP contribution in [0.15, 0.2) is 48.5 Å². The highest BCUT2D eigenvalue weighted by atomic mass is 16.5. The summed E-state index contributed by atoms with van der Waals surface area (Å²) in [6.07, 6.45) is 0.833. The van der Waals surface area contributed by atoms with Crippen LogP contribution in [-0.4, -0.2) is 66.0 Å². The van der Waals surface area contributed by atoms with Crippen molar-refractivity contribution in [3.8, 4) is 0 Å². The van der Waals surface area contributed by atoms with Crippen LogP contribution in [0.2, 0.25) is 0 Å². The number of fused-ring (bicyclic) bond motifs is 2. The molecule has 0 atom stereocenters. The van der Waals surface area contributed by atoms with Gasteiger partial charge in [-0.1, -0.05) is 39.0 Å². The van der Waals surface area contributed by atoms with Crippen molar-refractivity contribution in [2.24, 2.45) is 0 Å². The van der Waals surface area contributed by atoms with Crippen LogP contribution >= 0.6 is 0 Å². The molecular weight excluding hydrogens is 440 g/mol. The number of benzene rings is 2. The molecule has 1 aliphatic heterocycles. The molecule has 184 valence electrons. The molecule has 2 aromatic carbocycles. The number of hydrogen-bond donors (Lipinski definition) is 1. The third-order valence-electron chi connectivity index (χ3n) is 6.71. The minimum absolute atomic E-state index is 0.160. The molecule has 35 heavy (non-hydrogen) atoms. The maximum absolute atomic E-state index is 13.5. The summed E-state index contributed by atoms with van der Waals surface area (Å²) in [7, 11) is 0. The van der Waals surface area contributed by atoms with Crippen LogP contribution in [-0.2, 0) is 17.7 Å². The van der Waals surface area contributed by atoms with E-state index < -0.39 is 0 Å². The van der Waals surface area contributed by atoms with Crippen LogP contribution in [0, 0.1) is 0 Å². The largest absolute Gasteiger partial charge is 0.461 e. The number of rotatable bonds is 9. The van der Waals surface area contributed by atoms with E-state index in [-0.39, 0.29) is 11.9 Å². The molecule has 0 radical (unpaired) electrons. The van der Waals surface area contributed by atoms with Gasteiger partial charge in [-0.05, 0) is 50.0 Å². The van der Waals surface area contributed by atoms with E-state index in [1.54, 1.807) is 24.3 Å². The minimum Gasteiger partial charge on any atom is -0.461 e. The van der Waals surface area contributed by atoms with E-state index in [2.05, 4.69) is 35.9 Å². The van der Waals surface area contributed by atoms with Crippen molar-refractivity contribution < 1.29 is 14.3 Å². The van der Waals surface area contributed by atoms with Crippen LogP contribution in [0.3, 0.4) is 0 Å². The smallest absolute Gasteiger partial charge is 0.338 e. The van der Waals surface area contributed by atoms with Gasteiger partial charge < -0.3 is 15.0 Å². The number of para-hydroxylation sites is 1. The summed E-state index contributed by atoms with van der Waals surface area (Å²) < 4.78 is 5.40. The molecule has 1 aliphatic rings. The minimum atomic E-state index is -0.358. The SMILES string of the molecule is CCN(CC)CCOC(=O)c1ccc(NC(=O)c2c3c(nc4ccccc24)CCN(CC)C3)cc1. The van der Waals surface area contributed by atoms with Crippen molar-refractivity contribution in [1.29, 1.82) is 0 Å². The summed E-state index contributed by atoms with van der Waals surface area (Å²) in [4.78, 5) is 35.3. The summed E-state index contributed by atoms with van der Waals surface area (Å²) >= 11 is 0. The Labute approximate surface area is 207 Å². The maximum atomic E-state index is 13.5. The lowest BCUT2D eigenvalue weighted by Gasteiger charge is -2.29. The van der Waals surface area contributed by atoms with Crippen molar-refractivity contribution in [2.45, 2.75) is 33.7 Å². The summed E-state index contributed by atoms with van der Waals surface area (Å²) in [6.45, 7) is 11.8. The molecule has 1 amide bonds. The van der Waals surface area contributed by atoms with Gasteiger partial charge in [0.25, 0.3) is 5.91 Å². The van der Waals surface area contributed by atoms with Gasteiger partial charge in [-0.15, -0.1) is 0 Å². The first kappa shape index (κ1) is 24.8. The van der Waals surface area contributed by atoms with E-state index in [4.69, 9.17) is 9.72 Å². The van der Waals surface area contributed by atoms with Gasteiger partial charge >= 0.3 is 5.97 Å². The Morgan fingerprint density at radius 2 is 1.80 bits per heavy atom. The van der Waals surface area contributed by atoms with E-state index in [9.17, 15) is 9.59 Å². The van der Waals surface area contributed by atoms with Crippen LogP contribution in [0.1, 0.15) is 52.7 Å². The van der Waals surface area contributed by atoms with Gasteiger partial charge in [0.15, 0.2) is 0 Å². The van der Waals surface area contributed by atoms with E-state index in [0.717, 1.165) is 54.8 Å². The number of nitrogens with zero attached hydrogens (tertiary/aromatic N) is 3. The number of anilines is 1. The van der Waals surface area contributed by atoms with Gasteiger partial charge in [0.2, 0.25) is 0 Å². The molecule has 0 saturated carbocycles. The van der Waals surface area contributed by atoms with Crippen LogP contribution in [0.5, 0.6) is 0 Å². The number of carbonyl (C=O) groups excluding carboxylic acids is 2. The average Bonchev–Trinajstić information content (AvgIpc) is 2.89. The van der Waals surface area contributed by atoms with Gasteiger partial charge in [0.1, 0.15) is 6.61 Å². The van der Waals surface area contributed by atoms with Crippen LogP contribution < -0.4 is 5.32 Å². The first-order valence-corrected chi connectivity index (χ1v) is 12.5. The Morgan fingerprint density at radius 1 is 1.06 bits per heavy atom. The normalized spacial score (nSPS) is 13.6. The maximum Gasteiger partial charge on any atom is 0.338 e. The summed E-state index contributed by atoms with van der Waals surface area (Å²) in [5.74, 6) is -0.517. The number of nitrogens with one attached hydrogen (secondary N) is 1. The third-order valence-corrected chi connectivity index (χ3v) is 6.71. The second kappa shape index (κ2) is 11.4. The number of hydrogen-bond acceptors (Lipinski definition) is 6. The summed E-state index contributed by atoms with van der Waals surface area (Å²) in [6, 6.07) is 14.7. The predicted molar refractivity (Wildman–Crippen MR) is 139 cm³/mol. The van der Waals surface area contributed by atoms with Gasteiger partial charge in [-0.3, -0.25) is 14.7 Å². The molecule has 0 unspecified atom stereocenters. The average molecular weight is 475 g/mol. The molecule has 0 fully saturated rings. The zero-order valence-corrected chi connectivity index (χ0v) is 20.8. The van der Waals surface area contributed by atoms with Gasteiger partial charge in [0.05, 0.1) is 16.6 Å². The molecule has 0 bridgehead atoms. The first-order valence-electron chi connectivity index (χ1n) is 12.5. The highest BCUT2D eigenvalue weighted by molar-refractivity contribution is 6.13. The van der Waals surface area contributed by atoms with Crippen molar-refractivity contribution in [3.63, 3.8) is 0 Å². The van der Waals surface area contributed by atoms with Crippen molar-refractivity contribution in [1.82, 2.24) is 14.8 Å². The monoisotopic (exact) mass is 474 g/mol. The van der Waals surface area contributed by atoms with Gasteiger partial charge in [0, 0.05) is 48.4 Å². The lowest BCUT2D eigenvalue weighted by molar-refractivity contribution is 0.0466. The van der Waals surface area contributed by atoms with Crippen molar-refractivity contribution in [2.75, 3.05) is 44.6 Å². The Hall–Kier alpha value is -3.29. The fourth-order valence-corrected chi connectivity index (χ4v) is 4.55. The third kappa shape index (κ3) is 5.69. The number of pyridine rings is 1. The van der Waals surface area contributed by atoms with Crippen molar-refractivity contribution in [3.05, 3.63) is 70.9 Å². The van der Waals surface area contributed by atoms with Gasteiger partial charge in [-0.25, -0.2) is 4.79 Å². The molecule has 0 spiro atoms. The molecule has 4 rings (SSSR count). The highest BCUT2D eigenvalue weighted by Crippen LogP contribution is 2.29. The summed E-state index contributed by atoms with van der Waals surface area (Å²) in [5, 5.41) is 3.89. The topological polar surface area (TPSA) is 74.8 Å². The number of aromatic nitrogens is 1. The van der Waals surface area contributed by atoms with E-state index in [0.29, 0.717) is 36.5 Å². The Balaban J connectivity index is 1.50. The lowest BCUT2D eigenvalue weighted by Crippen LogP contribution is -2.33. The molecule has 0 saturated heterocycles. The Kier molecular flexibility index (Phi) is 8.10. The summed E-state index contributed by atoms with van der Waals surface area (Å²) in [5.41, 5.74) is 4.62. The van der Waals surface area contributed by atoms with Gasteiger partial charge in [-0.2, -0.15) is 0 Å². The highest BCUT2D eigenvalue weighted by Gasteiger charge is 2.25. The predicted octanol–water partition coefficient (Wildman–Crippen LogP) is 4.36. The fourth-order valence-electron chi connectivity index (χ4n) is 4.55. The fraction of sp³-hybridized carbons (Fsp3) is 0.393. The molecular formula is C28H34N4O3. The number of esters is 1. The molecule has 3 aromatic rings. The van der Waals surface area contributed by atoms with E-state index in [1.807, 2.05) is 24.3 Å². The van der Waals surface area contributed by atoms with Crippen molar-refractivity contribution >= 4 is 28.5 Å². The van der Waals surface area contributed by atoms with Crippen LogP contribution in [0.25, 0.3) is 10.9 Å². The quantitative estimate of drug-likeness (QED) is 0.465. The number of likely N-dealkylation sites (N-methyl/N-ethyl adjacent to an activating group) is 2. The molecule has 1 N–H and O–H groups in total. The van der Waals surface area contributed by atoms with E-state index >= 15 is 0 Å². The second-order valence-corrected chi connectivity index (χ2v) is 8.74. The number of ether oxygens (including phenoxy) is 1. The second-order valence-electron chi connectivity index (χ2n) is 8.74. The molecule has 1 aromatic heterocycles.